The van der Waals surface area contributed by atoms with Crippen molar-refractivity contribution in [2.24, 2.45) is 0 Å². The number of fused-ring (bicyclic) bond motifs is 1. The number of para-hydroxylation sites is 1. The standard InChI is InChI=1S/C16H19N3O4/c1-10-7-19(8-11(2)23-10)14(20)9-22-16(21)15-12-5-3-4-6-13(12)17-18-15/h3-6,10-11H,7-9H2,1-2H3,(H,17,18). The topological polar surface area (TPSA) is 84.5 Å². The summed E-state index contributed by atoms with van der Waals surface area (Å²) in [5, 5.41) is 7.41. The zero-order chi connectivity index (χ0) is 16.4. The van der Waals surface area contributed by atoms with Gasteiger partial charge in [-0.05, 0) is 19.9 Å². The molecule has 1 aromatic heterocycles. The number of benzene rings is 1. The van der Waals surface area contributed by atoms with Gasteiger partial charge in [-0.2, -0.15) is 5.10 Å². The zero-order valence-electron chi connectivity index (χ0n) is 13.1. The molecule has 1 saturated heterocycles. The van der Waals surface area contributed by atoms with Gasteiger partial charge in [0.1, 0.15) is 0 Å². The average molecular weight is 317 g/mol. The van der Waals surface area contributed by atoms with E-state index in [4.69, 9.17) is 9.47 Å². The molecule has 2 unspecified atom stereocenters. The SMILES string of the molecule is CC1CN(C(=O)COC(=O)c2n[nH]c3ccccc23)CC(C)O1. The highest BCUT2D eigenvalue weighted by Crippen LogP contribution is 2.16. The predicted molar refractivity (Wildman–Crippen MR) is 83.0 cm³/mol. The molecule has 1 aliphatic rings. The molecule has 1 N–H and O–H groups in total. The number of hydrogen-bond donors (Lipinski definition) is 1. The summed E-state index contributed by atoms with van der Waals surface area (Å²) in [4.78, 5) is 26.0. The number of rotatable bonds is 3. The van der Waals surface area contributed by atoms with E-state index in [1.54, 1.807) is 11.0 Å². The lowest BCUT2D eigenvalue weighted by atomic mass is 10.2. The van der Waals surface area contributed by atoms with Gasteiger partial charge in [0.15, 0.2) is 12.3 Å². The molecule has 7 nitrogen and oxygen atoms in total. The lowest BCUT2D eigenvalue weighted by molar-refractivity contribution is -0.146. The molecule has 122 valence electrons. The van der Waals surface area contributed by atoms with Crippen LogP contribution in [0.25, 0.3) is 10.9 Å². The lowest BCUT2D eigenvalue weighted by Crippen LogP contribution is -2.49. The van der Waals surface area contributed by atoms with Crippen LogP contribution in [0.3, 0.4) is 0 Å². The number of ether oxygens (including phenoxy) is 2. The Balaban J connectivity index is 1.61. The molecule has 0 spiro atoms. The predicted octanol–water partition coefficient (Wildman–Crippen LogP) is 1.36. The number of hydrogen-bond acceptors (Lipinski definition) is 5. The summed E-state index contributed by atoms with van der Waals surface area (Å²) in [7, 11) is 0. The number of aromatic nitrogens is 2. The molecule has 1 fully saturated rings. The Bertz CT molecular complexity index is 717. The van der Waals surface area contributed by atoms with Crippen LogP contribution in [0.1, 0.15) is 24.3 Å². The van der Waals surface area contributed by atoms with Crippen LogP contribution in [0, 0.1) is 0 Å². The van der Waals surface area contributed by atoms with Gasteiger partial charge >= 0.3 is 5.97 Å². The van der Waals surface area contributed by atoms with Gasteiger partial charge in [0.2, 0.25) is 0 Å². The Morgan fingerprint density at radius 2 is 2.00 bits per heavy atom. The van der Waals surface area contributed by atoms with E-state index in [2.05, 4.69) is 10.2 Å². The molecule has 2 heterocycles. The number of nitrogens with zero attached hydrogens (tertiary/aromatic N) is 2. The Morgan fingerprint density at radius 1 is 1.30 bits per heavy atom. The molecule has 0 saturated carbocycles. The Morgan fingerprint density at radius 3 is 2.74 bits per heavy atom. The van der Waals surface area contributed by atoms with Gasteiger partial charge in [0.05, 0.1) is 17.7 Å². The van der Waals surface area contributed by atoms with Crippen molar-refractivity contribution in [3.63, 3.8) is 0 Å². The highest BCUT2D eigenvalue weighted by Gasteiger charge is 2.27. The molecule has 7 heteroatoms. The fourth-order valence-electron chi connectivity index (χ4n) is 2.79. The van der Waals surface area contributed by atoms with E-state index in [1.807, 2.05) is 32.0 Å². The van der Waals surface area contributed by atoms with Crippen molar-refractivity contribution in [3.05, 3.63) is 30.0 Å². The molecule has 2 aromatic rings. The maximum atomic E-state index is 12.2. The van der Waals surface area contributed by atoms with Crippen molar-refractivity contribution in [1.82, 2.24) is 15.1 Å². The van der Waals surface area contributed by atoms with Crippen LogP contribution in [-0.2, 0) is 14.3 Å². The van der Waals surface area contributed by atoms with Crippen LogP contribution in [0.5, 0.6) is 0 Å². The minimum Gasteiger partial charge on any atom is -0.451 e. The third kappa shape index (κ3) is 3.34. The van der Waals surface area contributed by atoms with Gasteiger partial charge in [-0.3, -0.25) is 9.89 Å². The summed E-state index contributed by atoms with van der Waals surface area (Å²) in [6.07, 6.45) is -0.0395. The highest BCUT2D eigenvalue weighted by molar-refractivity contribution is 6.02. The summed E-state index contributed by atoms with van der Waals surface area (Å²) in [5.74, 6) is -0.828. The fraction of sp³-hybridized carbons (Fsp3) is 0.438. The number of carbonyl (C=O) groups excluding carboxylic acids is 2. The van der Waals surface area contributed by atoms with Crippen LogP contribution in [-0.4, -0.2) is 58.9 Å². The molecular formula is C16H19N3O4. The number of amides is 1. The first kappa shape index (κ1) is 15.5. The second-order valence-corrected chi connectivity index (χ2v) is 5.75. The Kier molecular flexibility index (Phi) is 4.29. The van der Waals surface area contributed by atoms with Crippen LogP contribution in [0.15, 0.2) is 24.3 Å². The molecule has 1 amide bonds. The number of carbonyl (C=O) groups is 2. The van der Waals surface area contributed by atoms with Crippen molar-refractivity contribution < 1.29 is 19.1 Å². The van der Waals surface area contributed by atoms with Crippen LogP contribution < -0.4 is 0 Å². The van der Waals surface area contributed by atoms with E-state index >= 15 is 0 Å². The maximum absolute atomic E-state index is 12.2. The second-order valence-electron chi connectivity index (χ2n) is 5.75. The molecule has 0 radical (unpaired) electrons. The first-order valence-electron chi connectivity index (χ1n) is 7.58. The third-order valence-electron chi connectivity index (χ3n) is 3.76. The van der Waals surface area contributed by atoms with Gasteiger partial charge in [-0.25, -0.2) is 4.79 Å². The molecule has 0 aliphatic carbocycles. The van der Waals surface area contributed by atoms with Gasteiger partial charge in [0.25, 0.3) is 5.91 Å². The summed E-state index contributed by atoms with van der Waals surface area (Å²) in [6, 6.07) is 7.26. The summed E-state index contributed by atoms with van der Waals surface area (Å²) in [5.41, 5.74) is 0.943. The summed E-state index contributed by atoms with van der Waals surface area (Å²) < 4.78 is 10.7. The van der Waals surface area contributed by atoms with E-state index in [9.17, 15) is 9.59 Å². The van der Waals surface area contributed by atoms with Gasteiger partial charge < -0.3 is 14.4 Å². The van der Waals surface area contributed by atoms with E-state index in [1.165, 1.54) is 0 Å². The number of H-pyrrole nitrogens is 1. The number of esters is 1. The first-order valence-corrected chi connectivity index (χ1v) is 7.58. The van der Waals surface area contributed by atoms with Crippen molar-refractivity contribution in [3.8, 4) is 0 Å². The van der Waals surface area contributed by atoms with Gasteiger partial charge in [-0.1, -0.05) is 18.2 Å². The van der Waals surface area contributed by atoms with E-state index in [0.717, 1.165) is 5.52 Å². The molecule has 1 aliphatic heterocycles. The smallest absolute Gasteiger partial charge is 0.359 e. The monoisotopic (exact) mass is 317 g/mol. The fourth-order valence-corrected chi connectivity index (χ4v) is 2.79. The van der Waals surface area contributed by atoms with Crippen molar-refractivity contribution in [2.45, 2.75) is 26.1 Å². The van der Waals surface area contributed by atoms with E-state index in [0.29, 0.717) is 18.5 Å². The van der Waals surface area contributed by atoms with E-state index < -0.39 is 5.97 Å². The number of morpholine rings is 1. The van der Waals surface area contributed by atoms with Crippen LogP contribution in [0.4, 0.5) is 0 Å². The molecule has 2 atom stereocenters. The maximum Gasteiger partial charge on any atom is 0.359 e. The average Bonchev–Trinajstić information content (AvgIpc) is 2.95. The lowest BCUT2D eigenvalue weighted by Gasteiger charge is -2.35. The molecule has 3 rings (SSSR count). The summed E-state index contributed by atoms with van der Waals surface area (Å²) >= 11 is 0. The summed E-state index contributed by atoms with van der Waals surface area (Å²) in [6.45, 7) is 4.55. The molecule has 0 bridgehead atoms. The van der Waals surface area contributed by atoms with E-state index in [-0.39, 0.29) is 30.4 Å². The Hall–Kier alpha value is -2.41. The normalized spacial score (nSPS) is 21.4. The van der Waals surface area contributed by atoms with Crippen molar-refractivity contribution >= 4 is 22.8 Å². The molecule has 1 aromatic carbocycles. The molecular weight excluding hydrogens is 298 g/mol. The molecule has 23 heavy (non-hydrogen) atoms. The van der Waals surface area contributed by atoms with Crippen LogP contribution >= 0.6 is 0 Å². The minimum atomic E-state index is -0.606. The largest absolute Gasteiger partial charge is 0.451 e. The first-order chi connectivity index (χ1) is 11.0. The Labute approximate surface area is 133 Å². The third-order valence-corrected chi connectivity index (χ3v) is 3.76. The number of nitrogens with one attached hydrogen (secondary N) is 1. The van der Waals surface area contributed by atoms with Gasteiger partial charge in [-0.15, -0.1) is 0 Å². The minimum absolute atomic E-state index is 0.0197. The van der Waals surface area contributed by atoms with Crippen molar-refractivity contribution in [1.29, 1.82) is 0 Å². The van der Waals surface area contributed by atoms with Crippen LogP contribution in [0.2, 0.25) is 0 Å². The zero-order valence-corrected chi connectivity index (χ0v) is 13.1. The second kappa shape index (κ2) is 6.37. The van der Waals surface area contributed by atoms with Crippen molar-refractivity contribution in [2.75, 3.05) is 19.7 Å². The quantitative estimate of drug-likeness (QED) is 0.864. The van der Waals surface area contributed by atoms with Gasteiger partial charge in [0, 0.05) is 18.5 Å². The number of aromatic amines is 1. The highest BCUT2D eigenvalue weighted by atomic mass is 16.5.